The lowest BCUT2D eigenvalue weighted by Gasteiger charge is -2.32. The molecule has 3 nitrogen and oxygen atoms in total. The van der Waals surface area contributed by atoms with Gasteiger partial charge in [-0.3, -0.25) is 0 Å². The quantitative estimate of drug-likeness (QED) is 0.759. The molecule has 0 bridgehead atoms. The summed E-state index contributed by atoms with van der Waals surface area (Å²) >= 11 is 0. The Labute approximate surface area is 132 Å². The SMILES string of the molecule is CCC1CCCCC1Oc1c(C)cc(C)cc1S(=O)(=O)Cl. The molecule has 1 aliphatic rings. The Balaban J connectivity index is 2.39. The molecule has 2 atom stereocenters. The molecule has 0 radical (unpaired) electrons. The molecule has 0 spiro atoms. The Bertz CT molecular complexity index is 610. The Morgan fingerprint density at radius 2 is 1.90 bits per heavy atom. The molecule has 1 aromatic carbocycles. The van der Waals surface area contributed by atoms with E-state index in [1.807, 2.05) is 19.9 Å². The Morgan fingerprint density at radius 1 is 1.24 bits per heavy atom. The van der Waals surface area contributed by atoms with E-state index in [0.717, 1.165) is 36.8 Å². The van der Waals surface area contributed by atoms with E-state index in [0.29, 0.717) is 11.7 Å². The topological polar surface area (TPSA) is 43.4 Å². The number of aryl methyl sites for hydroxylation is 2. The van der Waals surface area contributed by atoms with Crippen LogP contribution in [-0.2, 0) is 9.05 Å². The lowest BCUT2D eigenvalue weighted by molar-refractivity contribution is 0.0868. The number of ether oxygens (including phenoxy) is 1. The summed E-state index contributed by atoms with van der Waals surface area (Å²) in [4.78, 5) is 0.0992. The van der Waals surface area contributed by atoms with Crippen LogP contribution in [0.3, 0.4) is 0 Å². The molecular weight excluding hydrogens is 308 g/mol. The third kappa shape index (κ3) is 3.92. The molecule has 2 rings (SSSR count). The van der Waals surface area contributed by atoms with Gasteiger partial charge in [0.25, 0.3) is 9.05 Å². The van der Waals surface area contributed by atoms with Gasteiger partial charge in [0.1, 0.15) is 16.7 Å². The largest absolute Gasteiger partial charge is 0.488 e. The summed E-state index contributed by atoms with van der Waals surface area (Å²) in [5.41, 5.74) is 1.70. The van der Waals surface area contributed by atoms with Gasteiger partial charge in [-0.05, 0) is 62.6 Å². The van der Waals surface area contributed by atoms with Crippen molar-refractivity contribution in [2.75, 3.05) is 0 Å². The van der Waals surface area contributed by atoms with Crippen molar-refractivity contribution in [2.45, 2.75) is 63.9 Å². The summed E-state index contributed by atoms with van der Waals surface area (Å²) in [7, 11) is 1.78. The van der Waals surface area contributed by atoms with E-state index in [-0.39, 0.29) is 11.0 Å². The summed E-state index contributed by atoms with van der Waals surface area (Å²) < 4.78 is 29.8. The second kappa shape index (κ2) is 6.57. The molecule has 21 heavy (non-hydrogen) atoms. The average Bonchev–Trinajstić information content (AvgIpc) is 2.40. The van der Waals surface area contributed by atoms with Gasteiger partial charge in [-0.2, -0.15) is 0 Å². The number of halogens is 1. The molecule has 0 heterocycles. The maximum atomic E-state index is 11.8. The van der Waals surface area contributed by atoms with Crippen LogP contribution in [0.5, 0.6) is 5.75 Å². The van der Waals surface area contributed by atoms with E-state index in [1.165, 1.54) is 6.42 Å². The third-order valence-corrected chi connectivity index (χ3v) is 5.61. The van der Waals surface area contributed by atoms with Gasteiger partial charge < -0.3 is 4.74 Å². The first-order chi connectivity index (χ1) is 9.82. The van der Waals surface area contributed by atoms with Gasteiger partial charge in [-0.1, -0.05) is 19.4 Å². The standard InChI is InChI=1S/C16H23ClO3S/c1-4-13-7-5-6-8-14(13)20-16-12(3)9-11(2)10-15(16)21(17,18)19/h9-10,13-14H,4-8H2,1-3H3. The second-order valence-corrected chi connectivity index (χ2v) is 8.49. The highest BCUT2D eigenvalue weighted by atomic mass is 35.7. The molecule has 1 aliphatic carbocycles. The summed E-state index contributed by atoms with van der Waals surface area (Å²) in [6.45, 7) is 5.89. The van der Waals surface area contributed by atoms with E-state index >= 15 is 0 Å². The maximum Gasteiger partial charge on any atom is 0.265 e. The van der Waals surface area contributed by atoms with E-state index in [2.05, 4.69) is 6.92 Å². The highest BCUT2D eigenvalue weighted by molar-refractivity contribution is 8.13. The van der Waals surface area contributed by atoms with Gasteiger partial charge in [0.05, 0.1) is 0 Å². The Morgan fingerprint density at radius 3 is 2.52 bits per heavy atom. The van der Waals surface area contributed by atoms with Crippen molar-refractivity contribution in [1.29, 1.82) is 0 Å². The fourth-order valence-electron chi connectivity index (χ4n) is 3.19. The van der Waals surface area contributed by atoms with Gasteiger partial charge in [0.15, 0.2) is 0 Å². The minimum absolute atomic E-state index is 0.0855. The highest BCUT2D eigenvalue weighted by Gasteiger charge is 2.28. The predicted molar refractivity (Wildman–Crippen MR) is 85.6 cm³/mol. The van der Waals surface area contributed by atoms with Crippen LogP contribution in [0.4, 0.5) is 0 Å². The van der Waals surface area contributed by atoms with Crippen molar-refractivity contribution in [2.24, 2.45) is 5.92 Å². The molecule has 0 saturated heterocycles. The van der Waals surface area contributed by atoms with Crippen molar-refractivity contribution < 1.29 is 13.2 Å². The number of rotatable bonds is 4. The summed E-state index contributed by atoms with van der Waals surface area (Å²) in [6, 6.07) is 3.53. The van der Waals surface area contributed by atoms with E-state index in [4.69, 9.17) is 15.4 Å². The van der Waals surface area contributed by atoms with Crippen LogP contribution in [0.1, 0.15) is 50.2 Å². The Kier molecular flexibility index (Phi) is 5.20. The fraction of sp³-hybridized carbons (Fsp3) is 0.625. The third-order valence-electron chi connectivity index (χ3n) is 4.28. The monoisotopic (exact) mass is 330 g/mol. The van der Waals surface area contributed by atoms with Gasteiger partial charge >= 0.3 is 0 Å². The number of hydrogen-bond acceptors (Lipinski definition) is 3. The van der Waals surface area contributed by atoms with Crippen LogP contribution >= 0.6 is 10.7 Å². The summed E-state index contributed by atoms with van der Waals surface area (Å²) in [5.74, 6) is 0.922. The van der Waals surface area contributed by atoms with Gasteiger partial charge in [0, 0.05) is 10.7 Å². The molecule has 2 unspecified atom stereocenters. The van der Waals surface area contributed by atoms with Crippen LogP contribution in [0, 0.1) is 19.8 Å². The first-order valence-corrected chi connectivity index (χ1v) is 9.86. The van der Waals surface area contributed by atoms with Crippen LogP contribution < -0.4 is 4.74 Å². The van der Waals surface area contributed by atoms with E-state index in [9.17, 15) is 8.42 Å². The molecule has 1 aromatic rings. The molecule has 0 amide bonds. The van der Waals surface area contributed by atoms with Crippen molar-refractivity contribution in [3.8, 4) is 5.75 Å². The molecule has 0 aromatic heterocycles. The van der Waals surface area contributed by atoms with Crippen molar-refractivity contribution >= 4 is 19.7 Å². The minimum Gasteiger partial charge on any atom is -0.488 e. The second-order valence-electron chi connectivity index (χ2n) is 5.96. The lowest BCUT2D eigenvalue weighted by Crippen LogP contribution is -2.30. The summed E-state index contributed by atoms with van der Waals surface area (Å²) in [5, 5.41) is 0. The smallest absolute Gasteiger partial charge is 0.265 e. The maximum absolute atomic E-state index is 11.8. The van der Waals surface area contributed by atoms with Gasteiger partial charge in [-0.25, -0.2) is 8.42 Å². The first kappa shape index (κ1) is 16.6. The highest BCUT2D eigenvalue weighted by Crippen LogP contribution is 2.36. The zero-order valence-corrected chi connectivity index (χ0v) is 14.4. The lowest BCUT2D eigenvalue weighted by atomic mass is 9.84. The van der Waals surface area contributed by atoms with Crippen LogP contribution in [0.2, 0.25) is 0 Å². The van der Waals surface area contributed by atoms with Crippen LogP contribution in [0.25, 0.3) is 0 Å². The van der Waals surface area contributed by atoms with Gasteiger partial charge in [-0.15, -0.1) is 0 Å². The number of hydrogen-bond donors (Lipinski definition) is 0. The number of benzene rings is 1. The minimum atomic E-state index is -3.81. The van der Waals surface area contributed by atoms with Crippen LogP contribution in [0.15, 0.2) is 17.0 Å². The molecular formula is C16H23ClO3S. The zero-order chi connectivity index (χ0) is 15.6. The average molecular weight is 331 g/mol. The Hall–Kier alpha value is -0.740. The fourth-order valence-corrected chi connectivity index (χ4v) is 4.30. The van der Waals surface area contributed by atoms with E-state index < -0.39 is 9.05 Å². The normalized spacial score (nSPS) is 23.0. The van der Waals surface area contributed by atoms with E-state index in [1.54, 1.807) is 6.07 Å². The molecule has 1 fully saturated rings. The predicted octanol–water partition coefficient (Wildman–Crippen LogP) is 4.58. The molecule has 118 valence electrons. The molecule has 1 saturated carbocycles. The first-order valence-electron chi connectivity index (χ1n) is 7.55. The van der Waals surface area contributed by atoms with Crippen molar-refractivity contribution in [3.05, 3.63) is 23.3 Å². The molecule has 0 N–H and O–H groups in total. The summed E-state index contributed by atoms with van der Waals surface area (Å²) in [6.07, 6.45) is 5.63. The van der Waals surface area contributed by atoms with Crippen molar-refractivity contribution in [1.82, 2.24) is 0 Å². The molecule has 0 aliphatic heterocycles. The van der Waals surface area contributed by atoms with Crippen molar-refractivity contribution in [3.63, 3.8) is 0 Å². The zero-order valence-electron chi connectivity index (χ0n) is 12.9. The molecule has 5 heteroatoms. The van der Waals surface area contributed by atoms with Gasteiger partial charge in [0.2, 0.25) is 0 Å². The van der Waals surface area contributed by atoms with Crippen LogP contribution in [-0.4, -0.2) is 14.5 Å².